The number of amides is 1. The molecule has 1 aromatic carbocycles. The van der Waals surface area contributed by atoms with E-state index >= 15 is 0 Å². The third kappa shape index (κ3) is 3.89. The molecular weight excluding hydrogens is 334 g/mol. The molecule has 0 aliphatic carbocycles. The predicted octanol–water partition coefficient (Wildman–Crippen LogP) is 2.80. The second kappa shape index (κ2) is 7.08. The summed E-state index contributed by atoms with van der Waals surface area (Å²) in [6.07, 6.45) is 0.878. The van der Waals surface area contributed by atoms with Gasteiger partial charge >= 0.3 is 6.09 Å². The van der Waals surface area contributed by atoms with Gasteiger partial charge < -0.3 is 14.2 Å². The molecule has 0 radical (unpaired) electrons. The molecule has 6 nitrogen and oxygen atoms in total. The van der Waals surface area contributed by atoms with E-state index in [2.05, 4.69) is 5.16 Å². The number of carbonyl (C=O) groups excluding carboxylic acids is 1. The lowest BCUT2D eigenvalue weighted by Crippen LogP contribution is -2.46. The predicted molar refractivity (Wildman–Crippen MR) is 84.3 cm³/mol. The molecule has 1 fully saturated rings. The van der Waals surface area contributed by atoms with Crippen LogP contribution in [0.2, 0.25) is 0 Å². The summed E-state index contributed by atoms with van der Waals surface area (Å²) >= 11 is 0. The molecule has 1 saturated heterocycles. The SMILES string of the molecule is COC(=O)N1CC[C@@H](c2cc(=O)[nH]o2)C[C@H]1Cc1cc(F)cc(F)c1. The molecule has 1 aromatic heterocycles. The van der Waals surface area contributed by atoms with Crippen LogP contribution in [0.25, 0.3) is 0 Å². The minimum Gasteiger partial charge on any atom is -0.453 e. The van der Waals surface area contributed by atoms with Crippen molar-refractivity contribution >= 4 is 6.09 Å². The quantitative estimate of drug-likeness (QED) is 0.922. The molecule has 0 unspecified atom stereocenters. The number of carbonyl (C=O) groups is 1. The van der Waals surface area contributed by atoms with Gasteiger partial charge in [0.25, 0.3) is 5.56 Å². The highest BCUT2D eigenvalue weighted by Gasteiger charge is 2.34. The van der Waals surface area contributed by atoms with Crippen LogP contribution in [-0.4, -0.2) is 35.8 Å². The normalized spacial score (nSPS) is 20.5. The molecule has 1 amide bonds. The third-order valence-corrected chi connectivity index (χ3v) is 4.46. The Kier molecular flexibility index (Phi) is 4.87. The summed E-state index contributed by atoms with van der Waals surface area (Å²) in [4.78, 5) is 24.9. The second-order valence-corrected chi connectivity index (χ2v) is 6.14. The van der Waals surface area contributed by atoms with E-state index in [4.69, 9.17) is 9.26 Å². The van der Waals surface area contributed by atoms with Crippen LogP contribution in [0, 0.1) is 11.6 Å². The largest absolute Gasteiger partial charge is 0.453 e. The van der Waals surface area contributed by atoms with Crippen molar-refractivity contribution in [3.63, 3.8) is 0 Å². The molecule has 0 spiro atoms. The third-order valence-electron chi connectivity index (χ3n) is 4.46. The number of rotatable bonds is 3. The number of ether oxygens (including phenoxy) is 1. The van der Waals surface area contributed by atoms with Crippen molar-refractivity contribution in [1.29, 1.82) is 0 Å². The van der Waals surface area contributed by atoms with Crippen molar-refractivity contribution in [1.82, 2.24) is 10.1 Å². The summed E-state index contributed by atoms with van der Waals surface area (Å²) in [7, 11) is 1.29. The van der Waals surface area contributed by atoms with Gasteiger partial charge in [-0.25, -0.2) is 13.6 Å². The van der Waals surface area contributed by atoms with E-state index in [1.165, 1.54) is 25.3 Å². The van der Waals surface area contributed by atoms with Gasteiger partial charge in [-0.2, -0.15) is 5.16 Å². The van der Waals surface area contributed by atoms with Gasteiger partial charge in [0.2, 0.25) is 0 Å². The fourth-order valence-corrected chi connectivity index (χ4v) is 3.36. The van der Waals surface area contributed by atoms with Crippen LogP contribution in [0.5, 0.6) is 0 Å². The average molecular weight is 352 g/mol. The number of nitrogens with zero attached hydrogens (tertiary/aromatic N) is 1. The topological polar surface area (TPSA) is 75.5 Å². The molecule has 0 bridgehead atoms. The number of halogens is 2. The minimum atomic E-state index is -0.663. The van der Waals surface area contributed by atoms with Crippen LogP contribution in [0.3, 0.4) is 0 Å². The molecule has 2 heterocycles. The van der Waals surface area contributed by atoms with Gasteiger partial charge in [-0.3, -0.25) is 4.79 Å². The molecule has 2 atom stereocenters. The molecule has 8 heteroatoms. The average Bonchev–Trinajstić information content (AvgIpc) is 2.99. The molecule has 1 aliphatic heterocycles. The minimum absolute atomic E-state index is 0.0664. The van der Waals surface area contributed by atoms with Gasteiger partial charge in [0.15, 0.2) is 0 Å². The lowest BCUT2D eigenvalue weighted by atomic mass is 9.86. The van der Waals surface area contributed by atoms with Crippen molar-refractivity contribution < 1.29 is 22.8 Å². The number of piperidine rings is 1. The zero-order chi connectivity index (χ0) is 18.0. The van der Waals surface area contributed by atoms with Crippen molar-refractivity contribution in [2.24, 2.45) is 0 Å². The highest BCUT2D eigenvalue weighted by atomic mass is 19.1. The van der Waals surface area contributed by atoms with E-state index in [-0.39, 0.29) is 23.9 Å². The molecule has 1 N–H and O–H groups in total. The summed E-state index contributed by atoms with van der Waals surface area (Å²) in [5.74, 6) is -0.875. The maximum absolute atomic E-state index is 13.4. The Labute approximate surface area is 142 Å². The van der Waals surface area contributed by atoms with Gasteiger partial charge in [-0.05, 0) is 37.0 Å². The number of aromatic amines is 1. The first-order chi connectivity index (χ1) is 12.0. The van der Waals surface area contributed by atoms with Crippen molar-refractivity contribution in [2.75, 3.05) is 13.7 Å². The lowest BCUT2D eigenvalue weighted by Gasteiger charge is -2.38. The molecule has 134 valence electrons. The highest BCUT2D eigenvalue weighted by Crippen LogP contribution is 2.33. The number of hydrogen-bond donors (Lipinski definition) is 1. The molecule has 1 aliphatic rings. The Balaban J connectivity index is 1.83. The standard InChI is InChI=1S/C17H18F2N2O4/c1-24-17(23)21-3-2-11(15-9-16(22)20-25-15)7-14(21)6-10-4-12(18)8-13(19)5-10/h4-5,8-9,11,14H,2-3,6-7H2,1H3,(H,20,22)/t11-,14-/m1/s1. The van der Waals surface area contributed by atoms with Crippen molar-refractivity contribution in [3.8, 4) is 0 Å². The number of aromatic nitrogens is 1. The Morgan fingerprint density at radius 2 is 2.04 bits per heavy atom. The molecule has 3 rings (SSSR count). The fourth-order valence-electron chi connectivity index (χ4n) is 3.36. The van der Waals surface area contributed by atoms with Crippen LogP contribution >= 0.6 is 0 Å². The van der Waals surface area contributed by atoms with Crippen molar-refractivity contribution in [2.45, 2.75) is 31.2 Å². The van der Waals surface area contributed by atoms with Gasteiger partial charge in [0.05, 0.1) is 7.11 Å². The zero-order valence-electron chi connectivity index (χ0n) is 13.6. The fraction of sp³-hybridized carbons (Fsp3) is 0.412. The van der Waals surface area contributed by atoms with Crippen molar-refractivity contribution in [3.05, 3.63) is 57.6 Å². The number of hydrogen-bond acceptors (Lipinski definition) is 4. The first-order valence-electron chi connectivity index (χ1n) is 7.94. The maximum Gasteiger partial charge on any atom is 0.409 e. The van der Waals surface area contributed by atoms with Gasteiger partial charge in [0.1, 0.15) is 17.4 Å². The van der Waals surface area contributed by atoms with E-state index < -0.39 is 17.7 Å². The monoisotopic (exact) mass is 352 g/mol. The van der Waals surface area contributed by atoms with Crippen LogP contribution in [0.4, 0.5) is 13.6 Å². The number of nitrogens with one attached hydrogen (secondary N) is 1. The van der Waals surface area contributed by atoms with Gasteiger partial charge in [-0.1, -0.05) is 0 Å². The highest BCUT2D eigenvalue weighted by molar-refractivity contribution is 5.68. The molecule has 0 saturated carbocycles. The van der Waals surface area contributed by atoms with E-state index in [0.29, 0.717) is 30.7 Å². The Morgan fingerprint density at radius 3 is 2.64 bits per heavy atom. The van der Waals surface area contributed by atoms with Crippen LogP contribution in [-0.2, 0) is 11.2 Å². The maximum atomic E-state index is 13.4. The van der Waals surface area contributed by atoms with E-state index in [1.54, 1.807) is 4.90 Å². The van der Waals surface area contributed by atoms with E-state index in [1.807, 2.05) is 0 Å². The molecular formula is C17H18F2N2O4. The molecule has 2 aromatic rings. The zero-order valence-corrected chi connectivity index (χ0v) is 13.6. The Bertz CT molecular complexity index is 797. The number of H-pyrrole nitrogens is 1. The second-order valence-electron chi connectivity index (χ2n) is 6.14. The van der Waals surface area contributed by atoms with E-state index in [0.717, 1.165) is 6.07 Å². The Hall–Kier alpha value is -2.64. The van der Waals surface area contributed by atoms with Crippen LogP contribution in [0.15, 0.2) is 33.6 Å². The van der Waals surface area contributed by atoms with Crippen LogP contribution in [0.1, 0.15) is 30.1 Å². The lowest BCUT2D eigenvalue weighted by molar-refractivity contribution is 0.0816. The van der Waals surface area contributed by atoms with Gasteiger partial charge in [0, 0.05) is 30.6 Å². The summed E-state index contributed by atoms with van der Waals surface area (Å²) < 4.78 is 36.9. The summed E-state index contributed by atoms with van der Waals surface area (Å²) in [6.45, 7) is 0.398. The summed E-state index contributed by atoms with van der Waals surface area (Å²) in [5.41, 5.74) is 0.127. The van der Waals surface area contributed by atoms with Crippen LogP contribution < -0.4 is 5.56 Å². The Morgan fingerprint density at radius 1 is 1.32 bits per heavy atom. The number of methoxy groups -OCH3 is 1. The summed E-state index contributed by atoms with van der Waals surface area (Å²) in [5, 5.41) is 2.26. The smallest absolute Gasteiger partial charge is 0.409 e. The number of likely N-dealkylation sites (tertiary alicyclic amines) is 1. The first-order valence-corrected chi connectivity index (χ1v) is 7.94. The molecule has 25 heavy (non-hydrogen) atoms. The summed E-state index contributed by atoms with van der Waals surface area (Å²) in [6, 6.07) is 4.36. The first kappa shape index (κ1) is 17.2. The van der Waals surface area contributed by atoms with E-state index in [9.17, 15) is 18.4 Å². The number of benzene rings is 1. The van der Waals surface area contributed by atoms with Gasteiger partial charge in [-0.15, -0.1) is 0 Å².